The summed E-state index contributed by atoms with van der Waals surface area (Å²) in [4.78, 5) is 0. The molecule has 0 atom stereocenters. The first-order valence-corrected chi connectivity index (χ1v) is 15.4. The first-order chi connectivity index (χ1) is 20.4. The second-order valence-corrected chi connectivity index (χ2v) is 8.91. The van der Waals surface area contributed by atoms with E-state index in [9.17, 15) is 4.39 Å². The van der Waals surface area contributed by atoms with Crippen molar-refractivity contribution in [2.75, 3.05) is 158 Å². The molecule has 0 unspecified atom stereocenters. The Morgan fingerprint density at radius 3 is 0.732 bits per heavy atom. The molecule has 0 aliphatic rings. The molecule has 0 bridgehead atoms. The van der Waals surface area contributed by atoms with E-state index >= 15 is 0 Å². The average Bonchev–Trinajstić information content (AvgIpc) is 2.98. The van der Waals surface area contributed by atoms with Gasteiger partial charge < -0.3 is 52.1 Å². The molecule has 0 rings (SSSR count). The topological polar surface area (TPSA) is 102 Å². The third-order valence-corrected chi connectivity index (χ3v) is 5.38. The van der Waals surface area contributed by atoms with E-state index in [4.69, 9.17) is 63.7 Å². The van der Waals surface area contributed by atoms with Gasteiger partial charge in [-0.15, -0.1) is 11.6 Å². The van der Waals surface area contributed by atoms with E-state index in [1.165, 1.54) is 12.8 Å². The molecule has 41 heavy (non-hydrogen) atoms. The van der Waals surface area contributed by atoms with Crippen molar-refractivity contribution in [2.45, 2.75) is 25.7 Å². The molecule has 0 aliphatic heterocycles. The third-order valence-electron chi connectivity index (χ3n) is 5.11. The van der Waals surface area contributed by atoms with E-state index in [1.54, 1.807) is 0 Å². The molecular formula is C28H56ClFO11. The van der Waals surface area contributed by atoms with Crippen molar-refractivity contribution in [1.29, 1.82) is 0 Å². The van der Waals surface area contributed by atoms with Crippen molar-refractivity contribution < 1.29 is 56.5 Å². The lowest BCUT2D eigenvalue weighted by Crippen LogP contribution is -2.15. The van der Waals surface area contributed by atoms with Gasteiger partial charge in [0.1, 0.15) is 6.67 Å². The fourth-order valence-electron chi connectivity index (χ4n) is 3.01. The number of halogens is 2. The maximum atomic E-state index is 11.8. The minimum absolute atomic E-state index is 0.115. The molecule has 11 nitrogen and oxygen atoms in total. The second-order valence-electron chi connectivity index (χ2n) is 8.53. The molecule has 0 heterocycles. The SMILES string of the molecule is FCCOCCOCCOCCOCCOCCOCCOCCOCCOCCOCCOCCCCCCCl. The van der Waals surface area contributed by atoms with Crippen LogP contribution in [0.1, 0.15) is 25.7 Å². The standard InChI is InChI=1S/C28H56ClFO11/c29-5-3-1-2-4-7-31-9-11-33-13-15-35-17-19-37-21-23-39-25-27-41-28-26-40-24-22-38-20-18-36-16-14-34-12-10-32-8-6-30/h1-28H2. The third kappa shape index (κ3) is 39.8. The number of alkyl halides is 2. The number of hydrogen-bond acceptors (Lipinski definition) is 11. The molecule has 0 aromatic rings. The van der Waals surface area contributed by atoms with Crippen molar-refractivity contribution in [2.24, 2.45) is 0 Å². The predicted molar refractivity (Wildman–Crippen MR) is 154 cm³/mol. The van der Waals surface area contributed by atoms with Crippen LogP contribution >= 0.6 is 11.6 Å². The fourth-order valence-corrected chi connectivity index (χ4v) is 3.20. The molecule has 248 valence electrons. The molecular weight excluding hydrogens is 567 g/mol. The van der Waals surface area contributed by atoms with Gasteiger partial charge in [0.05, 0.1) is 139 Å². The van der Waals surface area contributed by atoms with Gasteiger partial charge in [-0.1, -0.05) is 12.8 Å². The van der Waals surface area contributed by atoms with E-state index in [0.717, 1.165) is 25.3 Å². The van der Waals surface area contributed by atoms with E-state index in [0.29, 0.717) is 132 Å². The number of ether oxygens (including phenoxy) is 11. The summed E-state index contributed by atoms with van der Waals surface area (Å²) < 4.78 is 71.1. The van der Waals surface area contributed by atoms with Crippen molar-refractivity contribution in [3.05, 3.63) is 0 Å². The smallest absolute Gasteiger partial charge is 0.113 e. The van der Waals surface area contributed by atoms with Crippen molar-refractivity contribution in [3.63, 3.8) is 0 Å². The van der Waals surface area contributed by atoms with Gasteiger partial charge >= 0.3 is 0 Å². The Labute approximate surface area is 251 Å². The van der Waals surface area contributed by atoms with Crippen molar-refractivity contribution in [1.82, 2.24) is 0 Å². The van der Waals surface area contributed by atoms with E-state index < -0.39 is 6.67 Å². The molecule has 0 saturated carbocycles. The largest absolute Gasteiger partial charge is 0.379 e. The first kappa shape index (κ1) is 40.8. The summed E-state index contributed by atoms with van der Waals surface area (Å²) in [7, 11) is 0. The number of unbranched alkanes of at least 4 members (excludes halogenated alkanes) is 3. The molecule has 0 aliphatic carbocycles. The van der Waals surface area contributed by atoms with Gasteiger partial charge in [-0.05, 0) is 12.8 Å². The predicted octanol–water partition coefficient (Wildman–Crippen LogP) is 2.94. The van der Waals surface area contributed by atoms with Crippen LogP contribution in [0.5, 0.6) is 0 Å². The fraction of sp³-hybridized carbons (Fsp3) is 1.00. The van der Waals surface area contributed by atoms with Crippen LogP contribution in [0.25, 0.3) is 0 Å². The summed E-state index contributed by atoms with van der Waals surface area (Å²) in [6.07, 6.45) is 4.49. The van der Waals surface area contributed by atoms with Crippen LogP contribution in [0.3, 0.4) is 0 Å². The van der Waals surface area contributed by atoms with Crippen molar-refractivity contribution in [3.8, 4) is 0 Å². The molecule has 0 saturated heterocycles. The summed E-state index contributed by atoms with van der Waals surface area (Å²) in [5.41, 5.74) is 0. The zero-order valence-corrected chi connectivity index (χ0v) is 25.8. The van der Waals surface area contributed by atoms with Gasteiger partial charge in [-0.2, -0.15) is 0 Å². The van der Waals surface area contributed by atoms with Gasteiger partial charge in [0.2, 0.25) is 0 Å². The zero-order chi connectivity index (χ0) is 29.6. The number of hydrogen-bond donors (Lipinski definition) is 0. The van der Waals surface area contributed by atoms with E-state index in [-0.39, 0.29) is 6.61 Å². The van der Waals surface area contributed by atoms with Gasteiger partial charge in [0.25, 0.3) is 0 Å². The quantitative estimate of drug-likeness (QED) is 0.0750. The molecule has 0 N–H and O–H groups in total. The van der Waals surface area contributed by atoms with E-state index in [1.807, 2.05) is 0 Å². The van der Waals surface area contributed by atoms with Crippen LogP contribution in [0, 0.1) is 0 Å². The lowest BCUT2D eigenvalue weighted by Gasteiger charge is -2.09. The summed E-state index contributed by atoms with van der Waals surface area (Å²) >= 11 is 5.64. The van der Waals surface area contributed by atoms with Crippen molar-refractivity contribution >= 4 is 11.6 Å². The molecule has 0 amide bonds. The Kier molecular flexibility index (Phi) is 39.6. The molecule has 0 aromatic heterocycles. The molecule has 0 fully saturated rings. The Bertz CT molecular complexity index is 421. The number of rotatable bonds is 38. The highest BCUT2D eigenvalue weighted by molar-refractivity contribution is 6.17. The van der Waals surface area contributed by atoms with Crippen LogP contribution in [0.4, 0.5) is 4.39 Å². The minimum Gasteiger partial charge on any atom is -0.379 e. The highest BCUT2D eigenvalue weighted by atomic mass is 35.5. The monoisotopic (exact) mass is 622 g/mol. The molecule has 0 aromatic carbocycles. The minimum atomic E-state index is -0.473. The Hall–Kier alpha value is -0.220. The molecule has 0 spiro atoms. The lowest BCUT2D eigenvalue weighted by molar-refractivity contribution is -0.0276. The van der Waals surface area contributed by atoms with E-state index in [2.05, 4.69) is 0 Å². The van der Waals surface area contributed by atoms with Crippen LogP contribution in [0.2, 0.25) is 0 Å². The summed E-state index contributed by atoms with van der Waals surface area (Å²) in [6, 6.07) is 0. The maximum Gasteiger partial charge on any atom is 0.113 e. The summed E-state index contributed by atoms with van der Waals surface area (Å²) in [5.74, 6) is 0.742. The zero-order valence-electron chi connectivity index (χ0n) is 25.0. The highest BCUT2D eigenvalue weighted by Gasteiger charge is 1.96. The lowest BCUT2D eigenvalue weighted by atomic mass is 10.2. The normalized spacial score (nSPS) is 11.6. The van der Waals surface area contributed by atoms with Gasteiger partial charge in [0.15, 0.2) is 0 Å². The van der Waals surface area contributed by atoms with Crippen LogP contribution in [-0.2, 0) is 52.1 Å². The summed E-state index contributed by atoms with van der Waals surface area (Å²) in [6.45, 7) is 10.6. The second kappa shape index (κ2) is 39.8. The Balaban J connectivity index is 3.02. The molecule has 0 radical (unpaired) electrons. The first-order valence-electron chi connectivity index (χ1n) is 14.9. The van der Waals surface area contributed by atoms with Gasteiger partial charge in [-0.3, -0.25) is 0 Å². The van der Waals surface area contributed by atoms with Gasteiger partial charge in [-0.25, -0.2) is 4.39 Å². The molecule has 13 heteroatoms. The van der Waals surface area contributed by atoms with Crippen LogP contribution in [-0.4, -0.2) is 158 Å². The van der Waals surface area contributed by atoms with Gasteiger partial charge in [0, 0.05) is 12.5 Å². The van der Waals surface area contributed by atoms with Crippen LogP contribution in [0.15, 0.2) is 0 Å². The average molecular weight is 623 g/mol. The highest BCUT2D eigenvalue weighted by Crippen LogP contribution is 2.01. The Morgan fingerprint density at radius 1 is 0.268 bits per heavy atom. The van der Waals surface area contributed by atoms with Crippen LogP contribution < -0.4 is 0 Å². The summed E-state index contributed by atoms with van der Waals surface area (Å²) in [5, 5.41) is 0. The maximum absolute atomic E-state index is 11.8. The Morgan fingerprint density at radius 2 is 0.488 bits per heavy atom.